The topological polar surface area (TPSA) is 84.8 Å². The molecular weight excluding hydrogens is 262 g/mol. The zero-order valence-electron chi connectivity index (χ0n) is 12.8. The lowest BCUT2D eigenvalue weighted by Gasteiger charge is -2.02. The first-order valence-corrected chi connectivity index (χ1v) is 9.28. The van der Waals surface area contributed by atoms with Gasteiger partial charge in [0.15, 0.2) is 0 Å². The van der Waals surface area contributed by atoms with Crippen LogP contribution >= 0.6 is 0 Å². The van der Waals surface area contributed by atoms with Gasteiger partial charge in [-0.25, -0.2) is 8.42 Å². The minimum absolute atomic E-state index is 0.219. The standard InChI is InChI=1S/C10H23N.C4H10O3S/c1-2-3-4-5-6-7-8-9-10-11;1-2-3-4-8(5,6)7/h2-11H2,1H3;2-4H2,1H3,(H,5,6,7). The van der Waals surface area contributed by atoms with Crippen LogP contribution in [-0.2, 0) is 10.1 Å². The van der Waals surface area contributed by atoms with Crippen molar-refractivity contribution in [3.05, 3.63) is 0 Å². The molecule has 118 valence electrons. The number of rotatable bonds is 11. The zero-order valence-corrected chi connectivity index (χ0v) is 13.6. The van der Waals surface area contributed by atoms with Gasteiger partial charge in [-0.05, 0) is 19.3 Å². The Kier molecular flexibility index (Phi) is 17.7. The van der Waals surface area contributed by atoms with Crippen molar-refractivity contribution in [2.45, 2.75) is 78.1 Å². The summed E-state index contributed by atoms with van der Waals surface area (Å²) in [5.41, 5.74) is 3.83. The van der Waals surface area contributed by atoms with E-state index in [0.29, 0.717) is 6.42 Å². The molecule has 0 saturated heterocycles. The van der Waals surface area contributed by atoms with Crippen molar-refractivity contribution in [1.29, 1.82) is 0 Å². The van der Waals surface area contributed by atoms with Crippen molar-refractivity contribution in [3.63, 3.8) is 0 Å². The summed E-state index contributed by atoms with van der Waals surface area (Å²) in [4.78, 5) is 0. The molecule has 0 aromatic heterocycles. The molecule has 0 aliphatic heterocycles. The van der Waals surface area contributed by atoms with Gasteiger partial charge in [-0.1, -0.05) is 58.8 Å². The van der Waals surface area contributed by atoms with Gasteiger partial charge in [0.1, 0.15) is 0 Å². The number of hydrogen-bond donors (Lipinski definition) is 1. The molecule has 0 aromatic rings. The van der Waals surface area contributed by atoms with Crippen molar-refractivity contribution in [2.24, 2.45) is 0 Å². The number of hydrogen-bond acceptors (Lipinski definition) is 3. The molecule has 3 N–H and O–H groups in total. The van der Waals surface area contributed by atoms with Crippen LogP contribution in [0.5, 0.6) is 0 Å². The van der Waals surface area contributed by atoms with Crippen molar-refractivity contribution >= 4 is 10.1 Å². The maximum absolute atomic E-state index is 9.83. The molecule has 0 rings (SSSR count). The second-order valence-electron chi connectivity index (χ2n) is 4.94. The fraction of sp³-hybridized carbons (Fsp3) is 1.00. The van der Waals surface area contributed by atoms with Gasteiger partial charge in [0.05, 0.1) is 16.7 Å². The average molecular weight is 295 g/mol. The molecule has 0 spiro atoms. The summed E-state index contributed by atoms with van der Waals surface area (Å²) in [5.74, 6) is -0.219. The Morgan fingerprint density at radius 3 is 1.53 bits per heavy atom. The molecule has 0 radical (unpaired) electrons. The Morgan fingerprint density at radius 2 is 1.21 bits per heavy atom. The summed E-state index contributed by atoms with van der Waals surface area (Å²) in [6, 6.07) is 0. The Labute approximate surface area is 119 Å². The fourth-order valence-electron chi connectivity index (χ4n) is 1.63. The maximum Gasteiger partial charge on any atom is 0.0945 e. The van der Waals surface area contributed by atoms with Crippen LogP contribution in [0.25, 0.3) is 0 Å². The van der Waals surface area contributed by atoms with E-state index in [1.54, 1.807) is 0 Å². The normalized spacial score (nSPS) is 10.9. The van der Waals surface area contributed by atoms with E-state index in [-0.39, 0.29) is 5.75 Å². The monoisotopic (exact) mass is 295 g/mol. The Hall–Kier alpha value is -0.130. The molecule has 0 unspecified atom stereocenters. The molecule has 0 aromatic carbocycles. The molecular formula is C14H33NO3S. The van der Waals surface area contributed by atoms with Crippen molar-refractivity contribution < 1.29 is 18.7 Å². The van der Waals surface area contributed by atoms with Gasteiger partial charge < -0.3 is 10.3 Å². The Morgan fingerprint density at radius 1 is 0.789 bits per heavy atom. The molecule has 19 heavy (non-hydrogen) atoms. The lowest BCUT2D eigenvalue weighted by molar-refractivity contribution is -0.368. The first-order chi connectivity index (χ1) is 8.97. The van der Waals surface area contributed by atoms with Crippen LogP contribution in [0.3, 0.4) is 0 Å². The van der Waals surface area contributed by atoms with Crippen LogP contribution in [0.1, 0.15) is 78.1 Å². The fourth-order valence-corrected chi connectivity index (χ4v) is 2.27. The van der Waals surface area contributed by atoms with E-state index >= 15 is 0 Å². The predicted molar refractivity (Wildman–Crippen MR) is 79.8 cm³/mol. The summed E-state index contributed by atoms with van der Waals surface area (Å²) in [7, 11) is -3.94. The average Bonchev–Trinajstić information content (AvgIpc) is 2.35. The second kappa shape index (κ2) is 15.9. The third-order valence-corrected chi connectivity index (χ3v) is 3.64. The van der Waals surface area contributed by atoms with Gasteiger partial charge in [-0.2, -0.15) is 0 Å². The van der Waals surface area contributed by atoms with Crippen LogP contribution in [-0.4, -0.2) is 25.3 Å². The van der Waals surface area contributed by atoms with Gasteiger partial charge in [0.2, 0.25) is 0 Å². The third-order valence-electron chi connectivity index (χ3n) is 2.85. The predicted octanol–water partition coefficient (Wildman–Crippen LogP) is 2.70. The van der Waals surface area contributed by atoms with Crippen molar-refractivity contribution in [1.82, 2.24) is 0 Å². The smallest absolute Gasteiger partial charge is 0.0945 e. The lowest BCUT2D eigenvalue weighted by Crippen LogP contribution is -2.50. The highest BCUT2D eigenvalue weighted by atomic mass is 32.2. The SMILES string of the molecule is CCCCCCCCCC[NH3+].CCCCS(=O)(=O)[O-]. The highest BCUT2D eigenvalue weighted by Crippen LogP contribution is 2.07. The largest absolute Gasteiger partial charge is 0.748 e. The van der Waals surface area contributed by atoms with Gasteiger partial charge in [0, 0.05) is 5.75 Å². The van der Waals surface area contributed by atoms with E-state index in [2.05, 4.69) is 12.7 Å². The quantitative estimate of drug-likeness (QED) is 0.470. The van der Waals surface area contributed by atoms with Gasteiger partial charge in [0.25, 0.3) is 0 Å². The van der Waals surface area contributed by atoms with Crippen molar-refractivity contribution in [2.75, 3.05) is 12.3 Å². The van der Waals surface area contributed by atoms with E-state index < -0.39 is 10.1 Å². The first-order valence-electron chi connectivity index (χ1n) is 7.70. The molecule has 0 saturated carbocycles. The van der Waals surface area contributed by atoms with Gasteiger partial charge in [-0.15, -0.1) is 0 Å². The molecule has 0 aliphatic carbocycles. The molecule has 0 aliphatic rings. The van der Waals surface area contributed by atoms with Crippen LogP contribution < -0.4 is 5.73 Å². The van der Waals surface area contributed by atoms with E-state index in [1.807, 2.05) is 6.92 Å². The molecule has 0 heterocycles. The summed E-state index contributed by atoms with van der Waals surface area (Å²) in [6.07, 6.45) is 12.5. The number of unbranched alkanes of at least 4 members (excludes halogenated alkanes) is 8. The van der Waals surface area contributed by atoms with Gasteiger partial charge >= 0.3 is 0 Å². The molecule has 0 atom stereocenters. The minimum Gasteiger partial charge on any atom is -0.748 e. The summed E-state index contributed by atoms with van der Waals surface area (Å²) in [6.45, 7) is 5.23. The molecule has 0 amide bonds. The second-order valence-corrected chi connectivity index (χ2v) is 6.47. The highest BCUT2D eigenvalue weighted by molar-refractivity contribution is 7.85. The Bertz CT molecular complexity index is 245. The zero-order chi connectivity index (χ0) is 15.0. The molecule has 0 fully saturated rings. The molecule has 4 nitrogen and oxygen atoms in total. The van der Waals surface area contributed by atoms with Crippen molar-refractivity contribution in [3.8, 4) is 0 Å². The third kappa shape index (κ3) is 27.2. The maximum atomic E-state index is 9.83. The van der Waals surface area contributed by atoms with Crippen LogP contribution in [0.15, 0.2) is 0 Å². The van der Waals surface area contributed by atoms with Crippen LogP contribution in [0, 0.1) is 0 Å². The van der Waals surface area contributed by atoms with E-state index in [4.69, 9.17) is 0 Å². The summed E-state index contributed by atoms with van der Waals surface area (Å²) >= 11 is 0. The first kappa shape index (κ1) is 21.2. The minimum atomic E-state index is -3.94. The van der Waals surface area contributed by atoms with Crippen LogP contribution in [0.4, 0.5) is 0 Å². The van der Waals surface area contributed by atoms with Gasteiger partial charge in [-0.3, -0.25) is 0 Å². The molecule has 0 bridgehead atoms. The summed E-state index contributed by atoms with van der Waals surface area (Å²) < 4.78 is 29.5. The van der Waals surface area contributed by atoms with Crippen LogP contribution in [0.2, 0.25) is 0 Å². The summed E-state index contributed by atoms with van der Waals surface area (Å²) in [5, 5.41) is 0. The van der Waals surface area contributed by atoms with E-state index in [9.17, 15) is 13.0 Å². The molecule has 5 heteroatoms. The lowest BCUT2D eigenvalue weighted by atomic mass is 10.1. The number of quaternary nitrogens is 1. The highest BCUT2D eigenvalue weighted by Gasteiger charge is 1.90. The van der Waals surface area contributed by atoms with E-state index in [1.165, 1.54) is 51.4 Å². The Balaban J connectivity index is 0. The van der Waals surface area contributed by atoms with E-state index in [0.717, 1.165) is 13.0 Å².